The van der Waals surface area contributed by atoms with Crippen molar-refractivity contribution in [2.75, 3.05) is 37.7 Å². The maximum absolute atomic E-state index is 13.0. The lowest BCUT2D eigenvalue weighted by molar-refractivity contribution is 0.0548. The topological polar surface area (TPSA) is 41.4 Å². The molecular formula is C19H32N4OS. The van der Waals surface area contributed by atoms with Gasteiger partial charge in [-0.15, -0.1) is 0 Å². The van der Waals surface area contributed by atoms with Crippen LogP contribution in [0.2, 0.25) is 0 Å². The molecule has 3 rings (SSSR count). The number of nitrogens with zero attached hydrogens (tertiary/aromatic N) is 4. The van der Waals surface area contributed by atoms with E-state index in [1.165, 1.54) is 24.3 Å². The van der Waals surface area contributed by atoms with Gasteiger partial charge in [0.1, 0.15) is 5.69 Å². The third-order valence-corrected chi connectivity index (χ3v) is 6.32. The molecule has 0 atom stereocenters. The van der Waals surface area contributed by atoms with Gasteiger partial charge >= 0.3 is 0 Å². The SMILES string of the molecule is CCn1nc(CC(C)C)cc1C(=O)N1CCN(C2CCSCC2)CC1. The summed E-state index contributed by atoms with van der Waals surface area (Å²) in [6, 6.07) is 2.74. The van der Waals surface area contributed by atoms with Gasteiger partial charge in [-0.25, -0.2) is 0 Å². The molecule has 0 aromatic carbocycles. The minimum absolute atomic E-state index is 0.156. The van der Waals surface area contributed by atoms with Gasteiger partial charge in [0, 0.05) is 38.8 Å². The van der Waals surface area contributed by atoms with Gasteiger partial charge in [0.2, 0.25) is 0 Å². The summed E-state index contributed by atoms with van der Waals surface area (Å²) in [5.74, 6) is 3.29. The lowest BCUT2D eigenvalue weighted by atomic mass is 10.1. The van der Waals surface area contributed by atoms with E-state index < -0.39 is 0 Å². The second kappa shape index (κ2) is 8.58. The number of hydrogen-bond acceptors (Lipinski definition) is 4. The predicted octanol–water partition coefficient (Wildman–Crippen LogP) is 2.75. The van der Waals surface area contributed by atoms with Gasteiger partial charge in [-0.2, -0.15) is 16.9 Å². The summed E-state index contributed by atoms with van der Waals surface area (Å²) in [5, 5.41) is 4.63. The van der Waals surface area contributed by atoms with E-state index in [9.17, 15) is 4.79 Å². The van der Waals surface area contributed by atoms with Crippen LogP contribution in [-0.2, 0) is 13.0 Å². The molecule has 0 bridgehead atoms. The summed E-state index contributed by atoms with van der Waals surface area (Å²) < 4.78 is 1.88. The van der Waals surface area contributed by atoms with Crippen molar-refractivity contribution in [1.29, 1.82) is 0 Å². The van der Waals surface area contributed by atoms with E-state index in [0.717, 1.165) is 56.6 Å². The summed E-state index contributed by atoms with van der Waals surface area (Å²) in [4.78, 5) is 17.6. The lowest BCUT2D eigenvalue weighted by Crippen LogP contribution is -2.52. The van der Waals surface area contributed by atoms with E-state index in [4.69, 9.17) is 0 Å². The van der Waals surface area contributed by atoms with E-state index in [-0.39, 0.29) is 5.91 Å². The summed E-state index contributed by atoms with van der Waals surface area (Å²) in [6.07, 6.45) is 3.54. The van der Waals surface area contributed by atoms with E-state index in [1.807, 2.05) is 15.6 Å². The molecule has 2 fully saturated rings. The maximum Gasteiger partial charge on any atom is 0.272 e. The first-order valence-corrected chi connectivity index (χ1v) is 10.9. The number of hydrogen-bond donors (Lipinski definition) is 0. The summed E-state index contributed by atoms with van der Waals surface area (Å²) in [6.45, 7) is 10.9. The van der Waals surface area contributed by atoms with Crippen molar-refractivity contribution in [2.24, 2.45) is 5.92 Å². The van der Waals surface area contributed by atoms with Crippen LogP contribution in [0.25, 0.3) is 0 Å². The highest BCUT2D eigenvalue weighted by Gasteiger charge is 2.29. The van der Waals surface area contributed by atoms with Crippen molar-refractivity contribution in [3.05, 3.63) is 17.5 Å². The van der Waals surface area contributed by atoms with E-state index >= 15 is 0 Å². The standard InChI is InChI=1S/C19H32N4OS/c1-4-23-18(14-16(20-23)13-15(2)3)19(24)22-9-7-21(8-10-22)17-5-11-25-12-6-17/h14-15,17H,4-13H2,1-3H3. The zero-order valence-corrected chi connectivity index (χ0v) is 16.7. The maximum atomic E-state index is 13.0. The average Bonchev–Trinajstić information content (AvgIpc) is 3.04. The van der Waals surface area contributed by atoms with Crippen LogP contribution in [0.1, 0.15) is 49.8 Å². The van der Waals surface area contributed by atoms with Crippen LogP contribution in [0.15, 0.2) is 6.07 Å². The van der Waals surface area contributed by atoms with Crippen molar-refractivity contribution >= 4 is 17.7 Å². The van der Waals surface area contributed by atoms with Crippen molar-refractivity contribution in [3.63, 3.8) is 0 Å². The Morgan fingerprint density at radius 1 is 1.24 bits per heavy atom. The molecule has 6 heteroatoms. The molecule has 0 saturated carbocycles. The highest BCUT2D eigenvalue weighted by molar-refractivity contribution is 7.99. The fourth-order valence-electron chi connectivity index (χ4n) is 3.90. The third-order valence-electron chi connectivity index (χ3n) is 5.28. The largest absolute Gasteiger partial charge is 0.335 e. The van der Waals surface area contributed by atoms with Crippen LogP contribution in [0.3, 0.4) is 0 Å². The van der Waals surface area contributed by atoms with Crippen LogP contribution in [0, 0.1) is 5.92 Å². The molecule has 1 aromatic rings. The Labute approximate surface area is 156 Å². The molecule has 140 valence electrons. The Morgan fingerprint density at radius 3 is 2.52 bits per heavy atom. The monoisotopic (exact) mass is 364 g/mol. The first kappa shape index (κ1) is 18.8. The Bertz CT molecular complexity index is 572. The van der Waals surface area contributed by atoms with Crippen LogP contribution < -0.4 is 0 Å². The first-order valence-electron chi connectivity index (χ1n) is 9.76. The predicted molar refractivity (Wildman–Crippen MR) is 104 cm³/mol. The molecule has 25 heavy (non-hydrogen) atoms. The normalized spacial score (nSPS) is 20.4. The van der Waals surface area contributed by atoms with Gasteiger partial charge in [-0.05, 0) is 49.7 Å². The molecule has 2 aliphatic heterocycles. The molecule has 0 unspecified atom stereocenters. The Morgan fingerprint density at radius 2 is 1.92 bits per heavy atom. The van der Waals surface area contributed by atoms with Gasteiger partial charge in [-0.1, -0.05) is 13.8 Å². The molecule has 1 amide bonds. The van der Waals surface area contributed by atoms with Crippen molar-refractivity contribution < 1.29 is 4.79 Å². The molecule has 3 heterocycles. The molecule has 0 radical (unpaired) electrons. The minimum Gasteiger partial charge on any atom is -0.335 e. The lowest BCUT2D eigenvalue weighted by Gasteiger charge is -2.40. The zero-order chi connectivity index (χ0) is 17.8. The van der Waals surface area contributed by atoms with Crippen LogP contribution >= 0.6 is 11.8 Å². The number of carbonyl (C=O) groups excluding carboxylic acids is 1. The first-order chi connectivity index (χ1) is 12.1. The second-order valence-electron chi connectivity index (χ2n) is 7.61. The number of rotatable bonds is 5. The second-order valence-corrected chi connectivity index (χ2v) is 8.83. The molecule has 2 aliphatic rings. The fourth-order valence-corrected chi connectivity index (χ4v) is 4.99. The van der Waals surface area contributed by atoms with Gasteiger partial charge in [0.05, 0.1) is 5.69 Å². The number of piperazine rings is 1. The molecule has 0 N–H and O–H groups in total. The summed E-state index contributed by atoms with van der Waals surface area (Å²) in [5.41, 5.74) is 1.80. The summed E-state index contributed by atoms with van der Waals surface area (Å²) in [7, 11) is 0. The molecule has 1 aromatic heterocycles. The number of amides is 1. The Kier molecular flexibility index (Phi) is 6.44. The average molecular weight is 365 g/mol. The Balaban J connectivity index is 1.61. The molecule has 0 aliphatic carbocycles. The zero-order valence-electron chi connectivity index (χ0n) is 15.9. The summed E-state index contributed by atoms with van der Waals surface area (Å²) >= 11 is 2.07. The van der Waals surface area contributed by atoms with E-state index in [0.29, 0.717) is 5.92 Å². The van der Waals surface area contributed by atoms with Crippen LogP contribution in [0.5, 0.6) is 0 Å². The Hall–Kier alpha value is -1.01. The highest BCUT2D eigenvalue weighted by atomic mass is 32.2. The fraction of sp³-hybridized carbons (Fsp3) is 0.789. The smallest absolute Gasteiger partial charge is 0.272 e. The van der Waals surface area contributed by atoms with Gasteiger partial charge < -0.3 is 4.90 Å². The van der Waals surface area contributed by atoms with Crippen molar-refractivity contribution in [2.45, 2.75) is 52.6 Å². The van der Waals surface area contributed by atoms with Crippen LogP contribution in [0.4, 0.5) is 0 Å². The number of aryl methyl sites for hydroxylation is 1. The molecule has 5 nitrogen and oxygen atoms in total. The highest BCUT2D eigenvalue weighted by Crippen LogP contribution is 2.23. The third kappa shape index (κ3) is 4.59. The number of carbonyl (C=O) groups is 1. The van der Waals surface area contributed by atoms with Crippen LogP contribution in [-0.4, -0.2) is 69.2 Å². The molecule has 2 saturated heterocycles. The van der Waals surface area contributed by atoms with E-state index in [1.54, 1.807) is 0 Å². The minimum atomic E-state index is 0.156. The van der Waals surface area contributed by atoms with Crippen molar-refractivity contribution in [3.8, 4) is 0 Å². The van der Waals surface area contributed by atoms with E-state index in [2.05, 4.69) is 42.5 Å². The van der Waals surface area contributed by atoms with Gasteiger partial charge in [-0.3, -0.25) is 14.4 Å². The number of thioether (sulfide) groups is 1. The van der Waals surface area contributed by atoms with Crippen molar-refractivity contribution in [1.82, 2.24) is 19.6 Å². The van der Waals surface area contributed by atoms with Gasteiger partial charge in [0.25, 0.3) is 5.91 Å². The molecule has 0 spiro atoms. The quantitative estimate of drug-likeness (QED) is 0.806. The number of aromatic nitrogens is 2. The molecular weight excluding hydrogens is 332 g/mol. The van der Waals surface area contributed by atoms with Gasteiger partial charge in [0.15, 0.2) is 0 Å².